The van der Waals surface area contributed by atoms with Crippen molar-refractivity contribution >= 4 is 16.1 Å². The van der Waals surface area contributed by atoms with E-state index in [2.05, 4.69) is 4.42 Å². The molecule has 9 heteroatoms. The van der Waals surface area contributed by atoms with Gasteiger partial charge in [-0.2, -0.15) is 0 Å². The van der Waals surface area contributed by atoms with Crippen LogP contribution >= 0.6 is 0 Å². The van der Waals surface area contributed by atoms with Gasteiger partial charge in [-0.25, -0.2) is 8.42 Å². The summed E-state index contributed by atoms with van der Waals surface area (Å²) in [6, 6.07) is 1.59. The second-order valence-electron chi connectivity index (χ2n) is 1.86. The van der Waals surface area contributed by atoms with Gasteiger partial charge in [0.2, 0.25) is 5.09 Å². The van der Waals surface area contributed by atoms with Gasteiger partial charge in [-0.3, -0.25) is 0 Å². The predicted octanol–water partition coefficient (Wildman–Crippen LogP) is -7.44. The first-order valence-electron chi connectivity index (χ1n) is 2.68. The van der Waals surface area contributed by atoms with Crippen LogP contribution in [0.3, 0.4) is 0 Å². The normalized spacial score (nSPS) is 9.79. The molecule has 14 heavy (non-hydrogen) atoms. The summed E-state index contributed by atoms with van der Waals surface area (Å²) in [5.41, 5.74) is 0. The number of hydrogen-bond donors (Lipinski definition) is 0. The summed E-state index contributed by atoms with van der Waals surface area (Å²) in [5.74, 6) is -2.37. The summed E-state index contributed by atoms with van der Waals surface area (Å²) < 4.78 is 34.8. The molecule has 0 saturated heterocycles. The third kappa shape index (κ3) is 4.88. The average Bonchev–Trinajstić information content (AvgIpc) is 2.30. The maximum Gasteiger partial charge on any atom is 1.00 e. The minimum Gasteiger partial charge on any atom is -0.742 e. The average molecular weight is 252 g/mol. The Labute approximate surface area is 145 Å². The molecule has 66 valence electrons. The molecule has 0 radical (unpaired) electrons. The monoisotopic (exact) mass is 252 g/mol. The zero-order chi connectivity index (χ0) is 9.35. The molecule has 1 aromatic heterocycles. The Balaban J connectivity index is 0. The minimum atomic E-state index is -4.72. The van der Waals surface area contributed by atoms with Crippen LogP contribution in [-0.2, 0) is 10.1 Å². The van der Waals surface area contributed by atoms with Crippen molar-refractivity contribution < 1.29 is 108 Å². The minimum absolute atomic E-state index is 0. The molecular formula is C5H2KNaO6S. The van der Waals surface area contributed by atoms with Crippen LogP contribution in [0.4, 0.5) is 0 Å². The molecule has 0 aliphatic rings. The summed E-state index contributed by atoms with van der Waals surface area (Å²) >= 11 is 0. The van der Waals surface area contributed by atoms with Crippen molar-refractivity contribution in [2.24, 2.45) is 0 Å². The van der Waals surface area contributed by atoms with E-state index in [1.54, 1.807) is 0 Å². The van der Waals surface area contributed by atoms with Crippen LogP contribution in [0, 0.1) is 0 Å². The van der Waals surface area contributed by atoms with E-state index >= 15 is 0 Å². The molecule has 0 fully saturated rings. The zero-order valence-corrected chi connectivity index (χ0v) is 13.5. The summed E-state index contributed by atoms with van der Waals surface area (Å²) in [7, 11) is -4.72. The maximum absolute atomic E-state index is 10.2. The van der Waals surface area contributed by atoms with Crippen molar-refractivity contribution in [3.05, 3.63) is 17.9 Å². The number of hydrogen-bond acceptors (Lipinski definition) is 6. The van der Waals surface area contributed by atoms with Crippen LogP contribution in [0.15, 0.2) is 21.6 Å². The van der Waals surface area contributed by atoms with Crippen molar-refractivity contribution in [3.8, 4) is 0 Å². The maximum atomic E-state index is 10.2. The van der Waals surface area contributed by atoms with Crippen molar-refractivity contribution in [1.82, 2.24) is 0 Å². The van der Waals surface area contributed by atoms with E-state index in [1.165, 1.54) is 0 Å². The van der Waals surface area contributed by atoms with Gasteiger partial charge in [-0.15, -0.1) is 0 Å². The van der Waals surface area contributed by atoms with Crippen molar-refractivity contribution in [2.75, 3.05) is 0 Å². The molecule has 0 unspecified atom stereocenters. The number of carbonyl (C=O) groups excluding carboxylic acids is 1. The molecule has 0 saturated carbocycles. The Hall–Kier alpha value is 1.30. The molecular weight excluding hydrogens is 250 g/mol. The Morgan fingerprint density at radius 2 is 1.86 bits per heavy atom. The standard InChI is InChI=1S/C5H4O6S.K.Na/c6-5(7)3-1-2-4(11-3)12(8,9)10;;/h1-2H,(H,6,7)(H,8,9,10);;/q;2*+1/p-2. The Bertz CT molecular complexity index is 410. The molecule has 0 amide bonds. The summed E-state index contributed by atoms with van der Waals surface area (Å²) in [5, 5.41) is 9.11. The van der Waals surface area contributed by atoms with Crippen LogP contribution in [0.25, 0.3) is 0 Å². The van der Waals surface area contributed by atoms with Gasteiger partial charge in [0.1, 0.15) is 5.97 Å². The topological polar surface area (TPSA) is 110 Å². The fourth-order valence-electron chi connectivity index (χ4n) is 0.564. The fourth-order valence-corrected chi connectivity index (χ4v) is 0.991. The predicted molar refractivity (Wildman–Crippen MR) is 31.0 cm³/mol. The second-order valence-corrected chi connectivity index (χ2v) is 3.17. The molecule has 0 atom stereocenters. The quantitative estimate of drug-likeness (QED) is 0.382. The largest absolute Gasteiger partial charge is 1.00 e. The fraction of sp³-hybridized carbons (Fsp3) is 0. The molecule has 0 aliphatic carbocycles. The second kappa shape index (κ2) is 6.79. The van der Waals surface area contributed by atoms with E-state index in [0.29, 0.717) is 0 Å². The third-order valence-electron chi connectivity index (χ3n) is 1.03. The van der Waals surface area contributed by atoms with E-state index in [4.69, 9.17) is 0 Å². The van der Waals surface area contributed by atoms with Crippen molar-refractivity contribution in [3.63, 3.8) is 0 Å². The molecule has 0 aliphatic heterocycles. The van der Waals surface area contributed by atoms with E-state index in [-0.39, 0.29) is 80.9 Å². The van der Waals surface area contributed by atoms with Crippen LogP contribution < -0.4 is 86.0 Å². The van der Waals surface area contributed by atoms with E-state index in [9.17, 15) is 22.9 Å². The number of furan rings is 1. The van der Waals surface area contributed by atoms with Gasteiger partial charge in [0, 0.05) is 0 Å². The molecule has 1 aromatic rings. The SMILES string of the molecule is O=C([O-])c1ccc(S(=O)(=O)[O-])o1.[K+].[Na+]. The smallest absolute Gasteiger partial charge is 0.742 e. The summed E-state index contributed by atoms with van der Waals surface area (Å²) in [4.78, 5) is 10.0. The number of aromatic carboxylic acids is 1. The van der Waals surface area contributed by atoms with Gasteiger partial charge < -0.3 is 18.9 Å². The van der Waals surface area contributed by atoms with E-state index in [1.807, 2.05) is 0 Å². The number of rotatable bonds is 2. The van der Waals surface area contributed by atoms with Crippen LogP contribution in [0.2, 0.25) is 0 Å². The first-order chi connectivity index (χ1) is 5.41. The van der Waals surface area contributed by atoms with Gasteiger partial charge in [-0.05, 0) is 12.1 Å². The van der Waals surface area contributed by atoms with E-state index in [0.717, 1.165) is 12.1 Å². The molecule has 6 nitrogen and oxygen atoms in total. The van der Waals surface area contributed by atoms with Crippen molar-refractivity contribution in [1.29, 1.82) is 0 Å². The number of carboxylic acids is 1. The molecule has 0 N–H and O–H groups in total. The molecule has 0 spiro atoms. The van der Waals surface area contributed by atoms with Gasteiger partial charge in [0.05, 0.1) is 0 Å². The van der Waals surface area contributed by atoms with Crippen LogP contribution in [0.5, 0.6) is 0 Å². The summed E-state index contributed by atoms with van der Waals surface area (Å²) in [6.07, 6.45) is 0. The van der Waals surface area contributed by atoms with Crippen molar-refractivity contribution in [2.45, 2.75) is 5.09 Å². The zero-order valence-electron chi connectivity index (χ0n) is 7.51. The first kappa shape index (κ1) is 17.7. The number of carboxylic acid groups (broad SMARTS) is 1. The molecule has 1 heterocycles. The van der Waals surface area contributed by atoms with Crippen LogP contribution in [0.1, 0.15) is 10.6 Å². The molecule has 1 rings (SSSR count). The van der Waals surface area contributed by atoms with E-state index < -0.39 is 26.9 Å². The first-order valence-corrected chi connectivity index (χ1v) is 4.09. The Morgan fingerprint density at radius 1 is 1.36 bits per heavy atom. The van der Waals surface area contributed by atoms with Gasteiger partial charge in [0.15, 0.2) is 15.9 Å². The van der Waals surface area contributed by atoms with Gasteiger partial charge in [0.25, 0.3) is 0 Å². The number of carbonyl (C=O) groups is 1. The molecule has 0 aromatic carbocycles. The Kier molecular flexibility index (Phi) is 8.57. The van der Waals surface area contributed by atoms with Gasteiger partial charge in [-0.1, -0.05) is 0 Å². The summed E-state index contributed by atoms with van der Waals surface area (Å²) in [6.45, 7) is 0. The Morgan fingerprint density at radius 3 is 2.07 bits per heavy atom. The van der Waals surface area contributed by atoms with Crippen LogP contribution in [-0.4, -0.2) is 18.9 Å². The third-order valence-corrected chi connectivity index (χ3v) is 1.74. The van der Waals surface area contributed by atoms with Gasteiger partial charge >= 0.3 is 80.9 Å². The molecule has 0 bridgehead atoms.